The third-order valence-corrected chi connectivity index (χ3v) is 3.94. The summed E-state index contributed by atoms with van der Waals surface area (Å²) in [7, 11) is 2.96. The number of nitrogens with one attached hydrogen (secondary N) is 1. The number of ether oxygens (including phenoxy) is 3. The van der Waals surface area contributed by atoms with Gasteiger partial charge in [0.25, 0.3) is 0 Å². The molecule has 0 aromatic heterocycles. The van der Waals surface area contributed by atoms with Gasteiger partial charge in [-0.2, -0.15) is 8.78 Å². The van der Waals surface area contributed by atoms with Crippen molar-refractivity contribution in [2.45, 2.75) is 19.6 Å². The maximum Gasteiger partial charge on any atom is 0.387 e. The van der Waals surface area contributed by atoms with Crippen molar-refractivity contribution in [2.24, 2.45) is 0 Å². The van der Waals surface area contributed by atoms with Crippen LogP contribution in [0.2, 0.25) is 0 Å². The normalized spacial score (nSPS) is 17.4. The number of allylic oxidation sites excluding steroid dienone is 1. The van der Waals surface area contributed by atoms with E-state index in [-0.39, 0.29) is 30.1 Å². The topological polar surface area (TPSA) is 77.1 Å². The molecule has 1 N–H and O–H groups in total. The first kappa shape index (κ1) is 19.6. The lowest BCUT2D eigenvalue weighted by Gasteiger charge is -2.33. The Bertz CT molecular complexity index is 708. The van der Waals surface area contributed by atoms with E-state index in [1.807, 2.05) is 0 Å². The van der Waals surface area contributed by atoms with Crippen LogP contribution < -0.4 is 10.1 Å². The molecule has 0 aliphatic carbocycles. The van der Waals surface area contributed by atoms with Crippen LogP contribution in [-0.4, -0.2) is 50.9 Å². The van der Waals surface area contributed by atoms with Crippen molar-refractivity contribution >= 4 is 12.0 Å². The van der Waals surface area contributed by atoms with Gasteiger partial charge in [-0.25, -0.2) is 9.59 Å². The minimum Gasteiger partial charge on any atom is -0.460 e. The van der Waals surface area contributed by atoms with Gasteiger partial charge in [-0.15, -0.1) is 0 Å². The van der Waals surface area contributed by atoms with Crippen molar-refractivity contribution in [3.8, 4) is 5.75 Å². The summed E-state index contributed by atoms with van der Waals surface area (Å²) < 4.78 is 39.9. The Hall–Kier alpha value is -2.68. The number of para-hydroxylation sites is 1. The molecule has 2 rings (SSSR count). The molecule has 0 spiro atoms. The van der Waals surface area contributed by atoms with Crippen LogP contribution in [0.15, 0.2) is 35.5 Å². The Morgan fingerprint density at radius 2 is 2.00 bits per heavy atom. The summed E-state index contributed by atoms with van der Waals surface area (Å²) in [4.78, 5) is 26.0. The summed E-state index contributed by atoms with van der Waals surface area (Å²) >= 11 is 0. The fourth-order valence-corrected chi connectivity index (χ4v) is 2.55. The monoisotopic (exact) mass is 370 g/mol. The molecule has 2 amide bonds. The molecule has 142 valence electrons. The van der Waals surface area contributed by atoms with Crippen molar-refractivity contribution in [1.29, 1.82) is 0 Å². The number of urea groups is 1. The Morgan fingerprint density at radius 1 is 1.31 bits per heavy atom. The van der Waals surface area contributed by atoms with Gasteiger partial charge in [0.05, 0.1) is 18.2 Å². The molecule has 0 unspecified atom stereocenters. The van der Waals surface area contributed by atoms with Crippen LogP contribution in [0.3, 0.4) is 0 Å². The van der Waals surface area contributed by atoms with Crippen molar-refractivity contribution < 1.29 is 32.6 Å². The lowest BCUT2D eigenvalue weighted by atomic mass is 9.94. The molecule has 0 radical (unpaired) electrons. The quantitative estimate of drug-likeness (QED) is 0.589. The standard InChI is InChI=1S/C17H20F2N2O5/c1-10-13(15(22)25-9-8-24-3)14(20-17(23)21(10)2)11-6-4-5-7-12(11)26-16(18)19/h4-7,14,16H,8-9H2,1-3H3,(H,20,23)/t14-/m1/s1. The number of hydrogen-bond acceptors (Lipinski definition) is 5. The average molecular weight is 370 g/mol. The highest BCUT2D eigenvalue weighted by molar-refractivity contribution is 5.95. The summed E-state index contributed by atoms with van der Waals surface area (Å²) in [6.45, 7) is -1.24. The van der Waals surface area contributed by atoms with Gasteiger partial charge in [0, 0.05) is 25.4 Å². The second-order valence-electron chi connectivity index (χ2n) is 5.49. The molecule has 1 aliphatic rings. The highest BCUT2D eigenvalue weighted by atomic mass is 19.3. The predicted octanol–water partition coefficient (Wildman–Crippen LogP) is 2.45. The summed E-state index contributed by atoms with van der Waals surface area (Å²) in [5.74, 6) is -0.810. The van der Waals surface area contributed by atoms with E-state index in [1.54, 1.807) is 13.0 Å². The van der Waals surface area contributed by atoms with E-state index in [4.69, 9.17) is 9.47 Å². The van der Waals surface area contributed by atoms with Crippen LogP contribution in [0.5, 0.6) is 5.75 Å². The summed E-state index contributed by atoms with van der Waals surface area (Å²) in [6, 6.07) is 4.50. The molecule has 1 heterocycles. The molecule has 0 bridgehead atoms. The zero-order chi connectivity index (χ0) is 19.3. The average Bonchev–Trinajstić information content (AvgIpc) is 2.59. The summed E-state index contributed by atoms with van der Waals surface area (Å²) in [6.07, 6.45) is 0. The van der Waals surface area contributed by atoms with Crippen LogP contribution in [0.1, 0.15) is 18.5 Å². The fourth-order valence-electron chi connectivity index (χ4n) is 2.55. The van der Waals surface area contributed by atoms with Crippen LogP contribution in [0.4, 0.5) is 13.6 Å². The number of benzene rings is 1. The molecule has 26 heavy (non-hydrogen) atoms. The number of methoxy groups -OCH3 is 1. The van der Waals surface area contributed by atoms with Gasteiger partial charge in [-0.1, -0.05) is 18.2 Å². The van der Waals surface area contributed by atoms with Gasteiger partial charge in [0.1, 0.15) is 12.4 Å². The van der Waals surface area contributed by atoms with E-state index >= 15 is 0 Å². The smallest absolute Gasteiger partial charge is 0.387 e. The molecule has 1 aliphatic heterocycles. The lowest BCUT2D eigenvalue weighted by Crippen LogP contribution is -2.46. The van der Waals surface area contributed by atoms with Gasteiger partial charge >= 0.3 is 18.6 Å². The van der Waals surface area contributed by atoms with E-state index < -0.39 is 24.7 Å². The number of carbonyl (C=O) groups excluding carboxylic acids is 2. The maximum absolute atomic E-state index is 12.7. The van der Waals surface area contributed by atoms with Crippen molar-refractivity contribution in [3.05, 3.63) is 41.1 Å². The second-order valence-corrected chi connectivity index (χ2v) is 5.49. The Labute approximate surface area is 149 Å². The zero-order valence-corrected chi connectivity index (χ0v) is 14.6. The van der Waals surface area contributed by atoms with E-state index in [0.717, 1.165) is 0 Å². The van der Waals surface area contributed by atoms with Crippen molar-refractivity contribution in [1.82, 2.24) is 10.2 Å². The third kappa shape index (κ3) is 4.29. The lowest BCUT2D eigenvalue weighted by molar-refractivity contribution is -0.140. The molecule has 0 fully saturated rings. The molecule has 1 aromatic rings. The number of nitrogens with zero attached hydrogens (tertiary/aromatic N) is 1. The van der Waals surface area contributed by atoms with E-state index in [1.165, 1.54) is 37.3 Å². The largest absolute Gasteiger partial charge is 0.460 e. The summed E-state index contributed by atoms with van der Waals surface area (Å²) in [5.41, 5.74) is 0.717. The van der Waals surface area contributed by atoms with Gasteiger partial charge in [0.2, 0.25) is 0 Å². The van der Waals surface area contributed by atoms with Gasteiger partial charge < -0.3 is 24.4 Å². The van der Waals surface area contributed by atoms with Crippen molar-refractivity contribution in [2.75, 3.05) is 27.4 Å². The highest BCUT2D eigenvalue weighted by Gasteiger charge is 2.36. The molecule has 1 atom stereocenters. The van der Waals surface area contributed by atoms with Gasteiger partial charge in [0.15, 0.2) is 0 Å². The van der Waals surface area contributed by atoms with Crippen LogP contribution >= 0.6 is 0 Å². The van der Waals surface area contributed by atoms with E-state index in [2.05, 4.69) is 10.1 Å². The predicted molar refractivity (Wildman–Crippen MR) is 87.6 cm³/mol. The van der Waals surface area contributed by atoms with Gasteiger partial charge in [-0.05, 0) is 13.0 Å². The molecule has 0 saturated carbocycles. The Kier molecular flexibility index (Phi) is 6.51. The second kappa shape index (κ2) is 8.61. The first-order chi connectivity index (χ1) is 12.4. The number of rotatable bonds is 7. The van der Waals surface area contributed by atoms with Crippen LogP contribution in [-0.2, 0) is 14.3 Å². The first-order valence-electron chi connectivity index (χ1n) is 7.81. The molecular formula is C17H20F2N2O5. The zero-order valence-electron chi connectivity index (χ0n) is 14.6. The number of esters is 1. The minimum atomic E-state index is -3.04. The maximum atomic E-state index is 12.7. The molecular weight excluding hydrogens is 350 g/mol. The molecule has 0 saturated heterocycles. The fraction of sp³-hybridized carbons (Fsp3) is 0.412. The first-order valence-corrected chi connectivity index (χ1v) is 7.81. The highest BCUT2D eigenvalue weighted by Crippen LogP contribution is 2.35. The van der Waals surface area contributed by atoms with Crippen molar-refractivity contribution in [3.63, 3.8) is 0 Å². The summed E-state index contributed by atoms with van der Waals surface area (Å²) in [5, 5.41) is 2.62. The number of halogens is 2. The number of hydrogen-bond donors (Lipinski definition) is 1. The van der Waals surface area contributed by atoms with Crippen LogP contribution in [0, 0.1) is 0 Å². The van der Waals surface area contributed by atoms with E-state index in [0.29, 0.717) is 5.70 Å². The number of alkyl halides is 2. The Morgan fingerprint density at radius 3 is 2.65 bits per heavy atom. The number of amides is 2. The minimum absolute atomic E-state index is 0.0195. The SMILES string of the molecule is COCCOC(=O)C1=C(C)N(C)C(=O)N[C@@H]1c1ccccc1OC(F)F. The van der Waals surface area contributed by atoms with Gasteiger partial charge in [-0.3, -0.25) is 0 Å². The molecule has 7 nitrogen and oxygen atoms in total. The molecule has 9 heteroatoms. The number of carbonyl (C=O) groups is 2. The van der Waals surface area contributed by atoms with Crippen LogP contribution in [0.25, 0.3) is 0 Å². The molecule has 1 aromatic carbocycles. The van der Waals surface area contributed by atoms with E-state index in [9.17, 15) is 18.4 Å². The third-order valence-electron chi connectivity index (χ3n) is 3.94. The Balaban J connectivity index is 2.44.